The molecule has 23 heavy (non-hydrogen) atoms. The van der Waals surface area contributed by atoms with Crippen LogP contribution in [0.4, 0.5) is 5.82 Å². The molecule has 1 aromatic carbocycles. The molecule has 3 N–H and O–H groups in total. The van der Waals surface area contributed by atoms with Crippen LogP contribution in [0.2, 0.25) is 0 Å². The van der Waals surface area contributed by atoms with Crippen LogP contribution in [-0.4, -0.2) is 34.2 Å². The summed E-state index contributed by atoms with van der Waals surface area (Å²) in [7, 11) is 0. The number of nitrogens with one attached hydrogen (secondary N) is 2. The van der Waals surface area contributed by atoms with Crippen molar-refractivity contribution in [2.45, 2.75) is 24.9 Å². The molecule has 1 atom stereocenters. The van der Waals surface area contributed by atoms with E-state index < -0.39 is 17.4 Å². The van der Waals surface area contributed by atoms with Crippen molar-refractivity contribution in [1.29, 1.82) is 0 Å². The van der Waals surface area contributed by atoms with Crippen molar-refractivity contribution >= 4 is 17.6 Å². The van der Waals surface area contributed by atoms with E-state index in [0.29, 0.717) is 12.8 Å². The van der Waals surface area contributed by atoms with Crippen LogP contribution in [0.25, 0.3) is 0 Å². The van der Waals surface area contributed by atoms with Crippen LogP contribution < -0.4 is 10.6 Å². The van der Waals surface area contributed by atoms with Crippen LogP contribution in [0.5, 0.6) is 0 Å². The third-order valence-corrected chi connectivity index (χ3v) is 3.96. The fourth-order valence-corrected chi connectivity index (χ4v) is 2.71. The molecule has 1 heterocycles. The van der Waals surface area contributed by atoms with Crippen LogP contribution in [0, 0.1) is 0 Å². The predicted octanol–water partition coefficient (Wildman–Crippen LogP) is 0.649. The minimum absolute atomic E-state index is 0.0202. The van der Waals surface area contributed by atoms with E-state index in [0.717, 1.165) is 12.0 Å². The van der Waals surface area contributed by atoms with E-state index in [1.165, 1.54) is 17.9 Å². The number of anilines is 1. The maximum Gasteiger partial charge on any atom is 0.314 e. The standard InChI is InChI=1S/C16H17N3O4/c20-14(15(21)18-13-6-8-23-19-13)17-10-16(22)7-5-11-3-1-2-4-12(11)9-16/h1-4,6,8,22H,5,7,9-10H2,(H,17,20)(H,18,19,21)/t16-/m1/s1. The first kappa shape index (κ1) is 15.2. The van der Waals surface area contributed by atoms with Crippen molar-refractivity contribution in [1.82, 2.24) is 10.5 Å². The molecular formula is C16H17N3O4. The normalized spacial score (nSPS) is 19.7. The molecule has 0 saturated carbocycles. The number of nitrogens with zero attached hydrogens (tertiary/aromatic N) is 1. The number of amides is 2. The molecule has 120 valence electrons. The van der Waals surface area contributed by atoms with Gasteiger partial charge in [-0.1, -0.05) is 29.4 Å². The SMILES string of the molecule is O=C(NC[C@@]1(O)CCc2ccccc2C1)C(=O)Nc1ccon1. The molecule has 2 amide bonds. The average molecular weight is 315 g/mol. The molecule has 0 fully saturated rings. The van der Waals surface area contributed by atoms with Gasteiger partial charge >= 0.3 is 11.8 Å². The van der Waals surface area contributed by atoms with Crippen molar-refractivity contribution in [2.75, 3.05) is 11.9 Å². The lowest BCUT2D eigenvalue weighted by atomic mass is 9.80. The highest BCUT2D eigenvalue weighted by atomic mass is 16.5. The highest BCUT2D eigenvalue weighted by Gasteiger charge is 2.33. The van der Waals surface area contributed by atoms with E-state index in [-0.39, 0.29) is 12.4 Å². The maximum absolute atomic E-state index is 11.8. The highest BCUT2D eigenvalue weighted by molar-refractivity contribution is 6.39. The Morgan fingerprint density at radius 1 is 1.22 bits per heavy atom. The molecule has 7 heteroatoms. The van der Waals surface area contributed by atoms with Crippen molar-refractivity contribution in [3.63, 3.8) is 0 Å². The summed E-state index contributed by atoms with van der Waals surface area (Å²) >= 11 is 0. The third-order valence-electron chi connectivity index (χ3n) is 3.96. The Morgan fingerprint density at radius 3 is 2.74 bits per heavy atom. The molecule has 0 aliphatic heterocycles. The number of aryl methyl sites for hydroxylation is 1. The Labute approximate surface area is 132 Å². The molecule has 1 aromatic heterocycles. The molecule has 0 bridgehead atoms. The Morgan fingerprint density at radius 2 is 2.00 bits per heavy atom. The molecule has 7 nitrogen and oxygen atoms in total. The van der Waals surface area contributed by atoms with Gasteiger partial charge in [-0.05, 0) is 24.0 Å². The molecule has 1 aliphatic rings. The maximum atomic E-state index is 11.8. The number of carbonyl (C=O) groups excluding carboxylic acids is 2. The van der Waals surface area contributed by atoms with Crippen LogP contribution in [0.1, 0.15) is 17.5 Å². The third kappa shape index (κ3) is 3.57. The lowest BCUT2D eigenvalue weighted by Gasteiger charge is -2.33. The zero-order chi connectivity index (χ0) is 16.3. The van der Waals surface area contributed by atoms with Crippen molar-refractivity contribution < 1.29 is 19.2 Å². The number of hydrogen-bond donors (Lipinski definition) is 3. The fraction of sp³-hybridized carbons (Fsp3) is 0.312. The summed E-state index contributed by atoms with van der Waals surface area (Å²) in [5.41, 5.74) is 1.24. The first-order valence-corrected chi connectivity index (χ1v) is 7.34. The second-order valence-electron chi connectivity index (χ2n) is 5.69. The summed E-state index contributed by atoms with van der Waals surface area (Å²) in [6, 6.07) is 9.34. The zero-order valence-electron chi connectivity index (χ0n) is 12.4. The van der Waals surface area contributed by atoms with Gasteiger partial charge in [-0.15, -0.1) is 0 Å². The van der Waals surface area contributed by atoms with Gasteiger partial charge in [0.05, 0.1) is 5.60 Å². The smallest absolute Gasteiger partial charge is 0.314 e. The summed E-state index contributed by atoms with van der Waals surface area (Å²) in [4.78, 5) is 23.5. The average Bonchev–Trinajstić information content (AvgIpc) is 3.05. The minimum Gasteiger partial charge on any atom is -0.388 e. The molecule has 3 rings (SSSR count). The van der Waals surface area contributed by atoms with Gasteiger partial charge in [0, 0.05) is 19.0 Å². The van der Waals surface area contributed by atoms with Gasteiger partial charge in [-0.25, -0.2) is 0 Å². The number of benzene rings is 1. The van der Waals surface area contributed by atoms with Gasteiger partial charge in [-0.3, -0.25) is 14.9 Å². The fourth-order valence-electron chi connectivity index (χ4n) is 2.71. The number of rotatable bonds is 3. The van der Waals surface area contributed by atoms with Gasteiger partial charge in [0.15, 0.2) is 5.82 Å². The first-order chi connectivity index (χ1) is 11.1. The molecule has 1 aliphatic carbocycles. The van der Waals surface area contributed by atoms with Gasteiger partial charge in [-0.2, -0.15) is 0 Å². The largest absolute Gasteiger partial charge is 0.388 e. The molecule has 0 unspecified atom stereocenters. The lowest BCUT2D eigenvalue weighted by molar-refractivity contribution is -0.137. The minimum atomic E-state index is -1.04. The molecular weight excluding hydrogens is 298 g/mol. The quantitative estimate of drug-likeness (QED) is 0.721. The first-order valence-electron chi connectivity index (χ1n) is 7.34. The second-order valence-corrected chi connectivity index (χ2v) is 5.69. The van der Waals surface area contributed by atoms with Crippen LogP contribution in [-0.2, 0) is 22.4 Å². The van der Waals surface area contributed by atoms with E-state index in [4.69, 9.17) is 0 Å². The zero-order valence-corrected chi connectivity index (χ0v) is 12.4. The Kier molecular flexibility index (Phi) is 4.12. The van der Waals surface area contributed by atoms with Crippen LogP contribution in [0.3, 0.4) is 0 Å². The monoisotopic (exact) mass is 315 g/mol. The van der Waals surface area contributed by atoms with Gasteiger partial charge in [0.25, 0.3) is 0 Å². The number of hydrogen-bond acceptors (Lipinski definition) is 5. The highest BCUT2D eigenvalue weighted by Crippen LogP contribution is 2.28. The van der Waals surface area contributed by atoms with E-state index in [2.05, 4.69) is 20.3 Å². The van der Waals surface area contributed by atoms with Crippen LogP contribution in [0.15, 0.2) is 41.1 Å². The van der Waals surface area contributed by atoms with Crippen LogP contribution >= 0.6 is 0 Å². The predicted molar refractivity (Wildman–Crippen MR) is 81.6 cm³/mol. The van der Waals surface area contributed by atoms with Crippen molar-refractivity contribution in [2.24, 2.45) is 0 Å². The summed E-state index contributed by atoms with van der Waals surface area (Å²) in [6.45, 7) is 0.0202. The topological polar surface area (TPSA) is 104 Å². The second kappa shape index (κ2) is 6.21. The summed E-state index contributed by atoms with van der Waals surface area (Å²) < 4.78 is 4.56. The molecule has 0 radical (unpaired) electrons. The van der Waals surface area contributed by atoms with E-state index in [9.17, 15) is 14.7 Å². The van der Waals surface area contributed by atoms with Gasteiger partial charge in [0.1, 0.15) is 6.26 Å². The van der Waals surface area contributed by atoms with Gasteiger partial charge < -0.3 is 14.9 Å². The van der Waals surface area contributed by atoms with Crippen molar-refractivity contribution in [3.05, 3.63) is 47.7 Å². The Bertz CT molecular complexity index is 714. The summed E-state index contributed by atoms with van der Waals surface area (Å²) in [5, 5.41) is 18.9. The number of carbonyl (C=O) groups is 2. The summed E-state index contributed by atoms with van der Waals surface area (Å²) in [5.74, 6) is -1.51. The molecule has 2 aromatic rings. The summed E-state index contributed by atoms with van der Waals surface area (Å²) in [6.07, 6.45) is 3.02. The van der Waals surface area contributed by atoms with Gasteiger partial charge in [0.2, 0.25) is 0 Å². The van der Waals surface area contributed by atoms with E-state index >= 15 is 0 Å². The molecule has 0 saturated heterocycles. The van der Waals surface area contributed by atoms with Crippen molar-refractivity contribution in [3.8, 4) is 0 Å². The van der Waals surface area contributed by atoms with E-state index in [1.807, 2.05) is 24.3 Å². The molecule has 0 spiro atoms. The number of fused-ring (bicyclic) bond motifs is 1. The number of aromatic nitrogens is 1. The van der Waals surface area contributed by atoms with E-state index in [1.54, 1.807) is 0 Å². The Hall–Kier alpha value is -2.67. The lowest BCUT2D eigenvalue weighted by Crippen LogP contribution is -2.49. The Balaban J connectivity index is 1.55. The number of aliphatic hydroxyl groups is 1.